The lowest BCUT2D eigenvalue weighted by Crippen LogP contribution is -2.09. The van der Waals surface area contributed by atoms with Gasteiger partial charge in [0.2, 0.25) is 0 Å². The molecule has 0 heterocycles. The van der Waals surface area contributed by atoms with Crippen LogP contribution < -0.4 is 5.32 Å². The third-order valence-electron chi connectivity index (χ3n) is 2.82. The lowest BCUT2D eigenvalue weighted by Gasteiger charge is -2.15. The van der Waals surface area contributed by atoms with E-state index in [0.29, 0.717) is 5.02 Å². The van der Waals surface area contributed by atoms with Crippen LogP contribution in [0.1, 0.15) is 17.2 Å². The number of anilines is 1. The third-order valence-corrected chi connectivity index (χ3v) is 4.04. The fourth-order valence-electron chi connectivity index (χ4n) is 1.77. The molecule has 96 valence electrons. The molecule has 4 heteroatoms. The van der Waals surface area contributed by atoms with Crippen molar-refractivity contribution in [1.82, 2.24) is 0 Å². The molecule has 0 aromatic heterocycles. The van der Waals surface area contributed by atoms with Gasteiger partial charge in [-0.3, -0.25) is 0 Å². The SMILES string of the molecule is Cc1cc(C(C#N)Nc2ccccc2Cl)ccc1Br. The van der Waals surface area contributed by atoms with E-state index in [2.05, 4.69) is 27.3 Å². The molecule has 2 nitrogen and oxygen atoms in total. The van der Waals surface area contributed by atoms with E-state index in [-0.39, 0.29) is 0 Å². The molecule has 0 aliphatic rings. The van der Waals surface area contributed by atoms with Crippen molar-refractivity contribution in [3.63, 3.8) is 0 Å². The first-order valence-corrected chi connectivity index (χ1v) is 6.95. The topological polar surface area (TPSA) is 35.8 Å². The highest BCUT2D eigenvalue weighted by molar-refractivity contribution is 9.10. The van der Waals surface area contributed by atoms with Crippen LogP contribution in [-0.2, 0) is 0 Å². The second kappa shape index (κ2) is 6.10. The number of benzene rings is 2. The Labute approximate surface area is 126 Å². The van der Waals surface area contributed by atoms with Crippen LogP contribution in [0.25, 0.3) is 0 Å². The molecule has 2 rings (SSSR count). The van der Waals surface area contributed by atoms with Gasteiger partial charge in [-0.15, -0.1) is 0 Å². The first kappa shape index (κ1) is 13.9. The lowest BCUT2D eigenvalue weighted by atomic mass is 10.1. The summed E-state index contributed by atoms with van der Waals surface area (Å²) in [5.41, 5.74) is 2.78. The fraction of sp³-hybridized carbons (Fsp3) is 0.133. The Bertz CT molecular complexity index is 634. The molecule has 2 aromatic carbocycles. The number of rotatable bonds is 3. The van der Waals surface area contributed by atoms with Gasteiger partial charge in [0.25, 0.3) is 0 Å². The minimum atomic E-state index is -0.424. The van der Waals surface area contributed by atoms with Gasteiger partial charge in [-0.2, -0.15) is 5.26 Å². The average molecular weight is 336 g/mol. The number of nitriles is 1. The number of nitrogens with one attached hydrogen (secondary N) is 1. The number of nitrogens with zero attached hydrogens (tertiary/aromatic N) is 1. The van der Waals surface area contributed by atoms with E-state index in [4.69, 9.17) is 11.6 Å². The van der Waals surface area contributed by atoms with Crippen molar-refractivity contribution in [3.05, 3.63) is 63.1 Å². The van der Waals surface area contributed by atoms with Gasteiger partial charge >= 0.3 is 0 Å². The third kappa shape index (κ3) is 3.28. The Morgan fingerprint density at radius 3 is 2.63 bits per heavy atom. The van der Waals surface area contributed by atoms with E-state index >= 15 is 0 Å². The zero-order valence-electron chi connectivity index (χ0n) is 10.3. The molecule has 19 heavy (non-hydrogen) atoms. The van der Waals surface area contributed by atoms with E-state index < -0.39 is 6.04 Å². The monoisotopic (exact) mass is 334 g/mol. The van der Waals surface area contributed by atoms with E-state index in [9.17, 15) is 5.26 Å². The van der Waals surface area contributed by atoms with E-state index in [0.717, 1.165) is 21.3 Å². The highest BCUT2D eigenvalue weighted by Crippen LogP contribution is 2.27. The Morgan fingerprint density at radius 2 is 2.00 bits per heavy atom. The van der Waals surface area contributed by atoms with Crippen LogP contribution in [0.3, 0.4) is 0 Å². The Hall–Kier alpha value is -1.50. The van der Waals surface area contributed by atoms with Gasteiger partial charge < -0.3 is 5.32 Å². The molecule has 1 N–H and O–H groups in total. The summed E-state index contributed by atoms with van der Waals surface area (Å²) in [4.78, 5) is 0. The standard InChI is InChI=1S/C15H12BrClN2/c1-10-8-11(6-7-12(10)16)15(9-18)19-14-5-3-2-4-13(14)17/h2-8,15,19H,1H3. The van der Waals surface area contributed by atoms with Crippen molar-refractivity contribution in [3.8, 4) is 6.07 Å². The van der Waals surface area contributed by atoms with Crippen molar-refractivity contribution in [1.29, 1.82) is 5.26 Å². The van der Waals surface area contributed by atoms with Crippen molar-refractivity contribution >= 4 is 33.2 Å². The molecule has 0 radical (unpaired) electrons. The molecule has 2 aromatic rings. The highest BCUT2D eigenvalue weighted by Gasteiger charge is 2.12. The molecular formula is C15H12BrClN2. The summed E-state index contributed by atoms with van der Waals surface area (Å²) >= 11 is 9.54. The van der Waals surface area contributed by atoms with Crippen LogP contribution in [0.2, 0.25) is 5.02 Å². The maximum atomic E-state index is 9.32. The van der Waals surface area contributed by atoms with Gasteiger partial charge in [0, 0.05) is 4.47 Å². The largest absolute Gasteiger partial charge is 0.365 e. The summed E-state index contributed by atoms with van der Waals surface area (Å²) in [6.07, 6.45) is 0. The first-order valence-electron chi connectivity index (χ1n) is 5.78. The normalized spacial score (nSPS) is 11.7. The van der Waals surface area contributed by atoms with E-state index in [1.165, 1.54) is 0 Å². The van der Waals surface area contributed by atoms with Crippen molar-refractivity contribution in [2.45, 2.75) is 13.0 Å². The minimum absolute atomic E-state index is 0.424. The molecule has 0 aliphatic carbocycles. The zero-order chi connectivity index (χ0) is 13.8. The summed E-state index contributed by atoms with van der Waals surface area (Å²) in [6.45, 7) is 2.00. The summed E-state index contributed by atoms with van der Waals surface area (Å²) < 4.78 is 1.03. The molecule has 1 atom stereocenters. The van der Waals surface area contributed by atoms with Crippen molar-refractivity contribution < 1.29 is 0 Å². The minimum Gasteiger partial charge on any atom is -0.365 e. The summed E-state index contributed by atoms with van der Waals surface area (Å²) in [5, 5.41) is 13.1. The summed E-state index contributed by atoms with van der Waals surface area (Å²) in [5.74, 6) is 0. The average Bonchev–Trinajstić information content (AvgIpc) is 2.41. The number of para-hydroxylation sites is 1. The number of hydrogen-bond acceptors (Lipinski definition) is 2. The quantitative estimate of drug-likeness (QED) is 0.848. The van der Waals surface area contributed by atoms with Gasteiger partial charge in [-0.25, -0.2) is 0 Å². The Balaban J connectivity index is 2.28. The lowest BCUT2D eigenvalue weighted by molar-refractivity contribution is 0.993. The fourth-order valence-corrected chi connectivity index (χ4v) is 2.21. The van der Waals surface area contributed by atoms with Gasteiger partial charge in [-0.1, -0.05) is 51.8 Å². The Morgan fingerprint density at radius 1 is 1.26 bits per heavy atom. The number of halogens is 2. The highest BCUT2D eigenvalue weighted by atomic mass is 79.9. The van der Waals surface area contributed by atoms with Crippen molar-refractivity contribution in [2.75, 3.05) is 5.32 Å². The molecule has 0 bridgehead atoms. The predicted molar refractivity (Wildman–Crippen MR) is 82.3 cm³/mol. The van der Waals surface area contributed by atoms with Crippen LogP contribution in [0.5, 0.6) is 0 Å². The molecule has 0 aliphatic heterocycles. The molecule has 0 spiro atoms. The second-order valence-electron chi connectivity index (χ2n) is 4.19. The van der Waals surface area contributed by atoms with E-state index in [1.807, 2.05) is 43.3 Å². The van der Waals surface area contributed by atoms with Crippen LogP contribution in [-0.4, -0.2) is 0 Å². The Kier molecular flexibility index (Phi) is 4.47. The molecule has 0 saturated heterocycles. The maximum absolute atomic E-state index is 9.32. The molecular weight excluding hydrogens is 324 g/mol. The van der Waals surface area contributed by atoms with Crippen LogP contribution in [0.4, 0.5) is 5.69 Å². The predicted octanol–water partition coefficient (Wildman–Crippen LogP) is 5.09. The molecule has 0 fully saturated rings. The first-order chi connectivity index (χ1) is 9.11. The van der Waals surface area contributed by atoms with Crippen LogP contribution >= 0.6 is 27.5 Å². The van der Waals surface area contributed by atoms with Crippen LogP contribution in [0.15, 0.2) is 46.9 Å². The molecule has 0 amide bonds. The molecule has 0 saturated carbocycles. The maximum Gasteiger partial charge on any atom is 0.140 e. The summed E-state index contributed by atoms with van der Waals surface area (Å²) in [6, 6.07) is 15.1. The smallest absolute Gasteiger partial charge is 0.140 e. The number of aryl methyl sites for hydroxylation is 1. The van der Waals surface area contributed by atoms with E-state index in [1.54, 1.807) is 6.07 Å². The van der Waals surface area contributed by atoms with Gasteiger partial charge in [0.1, 0.15) is 6.04 Å². The van der Waals surface area contributed by atoms with Gasteiger partial charge in [0.05, 0.1) is 16.8 Å². The van der Waals surface area contributed by atoms with Gasteiger partial charge in [-0.05, 0) is 36.2 Å². The van der Waals surface area contributed by atoms with Crippen molar-refractivity contribution in [2.24, 2.45) is 0 Å². The zero-order valence-corrected chi connectivity index (χ0v) is 12.7. The molecule has 1 unspecified atom stereocenters. The van der Waals surface area contributed by atoms with Gasteiger partial charge in [0.15, 0.2) is 0 Å². The van der Waals surface area contributed by atoms with Crippen LogP contribution in [0, 0.1) is 18.3 Å². The second-order valence-corrected chi connectivity index (χ2v) is 5.46. The number of hydrogen-bond donors (Lipinski definition) is 1. The summed E-state index contributed by atoms with van der Waals surface area (Å²) in [7, 11) is 0.